The van der Waals surface area contributed by atoms with E-state index in [0.29, 0.717) is 22.1 Å². The first-order valence-corrected chi connectivity index (χ1v) is 8.03. The van der Waals surface area contributed by atoms with E-state index >= 15 is 0 Å². The molecule has 1 heterocycles. The van der Waals surface area contributed by atoms with Gasteiger partial charge >= 0.3 is 6.03 Å². The highest BCUT2D eigenvalue weighted by Crippen LogP contribution is 2.27. The van der Waals surface area contributed by atoms with Crippen LogP contribution in [-0.2, 0) is 7.05 Å². The number of urea groups is 1. The first-order chi connectivity index (χ1) is 11.3. The number of carbonyl (C=O) groups is 2. The lowest BCUT2D eigenvalue weighted by Crippen LogP contribution is -2.34. The smallest absolute Gasteiger partial charge is 0.319 e. The van der Waals surface area contributed by atoms with Crippen molar-refractivity contribution in [3.63, 3.8) is 0 Å². The first-order valence-electron chi connectivity index (χ1n) is 7.28. The fourth-order valence-electron chi connectivity index (χ4n) is 2.07. The molecule has 0 fully saturated rings. The lowest BCUT2D eigenvalue weighted by molar-refractivity contribution is 0.101. The Kier molecular flexibility index (Phi) is 5.75. The highest BCUT2D eigenvalue weighted by atomic mass is 35.5. The van der Waals surface area contributed by atoms with Crippen molar-refractivity contribution in [3.05, 3.63) is 46.2 Å². The molecule has 0 radical (unpaired) electrons. The summed E-state index contributed by atoms with van der Waals surface area (Å²) in [5, 5.41) is 8.76. The van der Waals surface area contributed by atoms with E-state index in [9.17, 15) is 9.59 Å². The molecule has 1 aromatic carbocycles. The summed E-state index contributed by atoms with van der Waals surface area (Å²) in [7, 11) is 1.64. The number of carbonyl (C=O) groups excluding carboxylic acids is 2. The molecule has 0 aliphatic carbocycles. The number of anilines is 2. The van der Waals surface area contributed by atoms with Crippen molar-refractivity contribution < 1.29 is 9.59 Å². The number of benzene rings is 1. The Labute approximate surface area is 150 Å². The molecule has 0 atom stereocenters. The normalized spacial score (nSPS) is 10.6. The van der Waals surface area contributed by atoms with E-state index in [1.165, 1.54) is 10.6 Å². The molecule has 0 aliphatic heterocycles. The molecule has 6 nitrogen and oxygen atoms in total. The molecular weight excluding hydrogens is 351 g/mol. The van der Waals surface area contributed by atoms with Crippen molar-refractivity contribution in [2.45, 2.75) is 19.9 Å². The van der Waals surface area contributed by atoms with Crippen molar-refractivity contribution >= 4 is 46.5 Å². The van der Waals surface area contributed by atoms with Crippen molar-refractivity contribution in [2.24, 2.45) is 7.05 Å². The zero-order valence-electron chi connectivity index (χ0n) is 13.5. The number of hydrogen-bond acceptors (Lipinski definition) is 2. The van der Waals surface area contributed by atoms with Gasteiger partial charge in [-0.3, -0.25) is 4.79 Å². The first kappa shape index (κ1) is 18.2. The summed E-state index contributed by atoms with van der Waals surface area (Å²) in [4.78, 5) is 24.3. The molecule has 3 amide bonds. The molecule has 3 N–H and O–H groups in total. The van der Waals surface area contributed by atoms with Gasteiger partial charge < -0.3 is 20.5 Å². The van der Waals surface area contributed by atoms with Gasteiger partial charge in [0.2, 0.25) is 0 Å². The Morgan fingerprint density at radius 3 is 2.17 bits per heavy atom. The zero-order chi connectivity index (χ0) is 17.9. The van der Waals surface area contributed by atoms with E-state index in [2.05, 4.69) is 16.0 Å². The highest BCUT2D eigenvalue weighted by molar-refractivity contribution is 6.42. The Hall–Kier alpha value is -2.18. The summed E-state index contributed by atoms with van der Waals surface area (Å²) in [5.74, 6) is -0.384. The molecule has 0 aliphatic rings. The number of nitrogens with one attached hydrogen (secondary N) is 3. The van der Waals surface area contributed by atoms with Gasteiger partial charge in [-0.1, -0.05) is 35.3 Å². The van der Waals surface area contributed by atoms with Crippen LogP contribution >= 0.6 is 23.2 Å². The van der Waals surface area contributed by atoms with Crippen molar-refractivity contribution in [2.75, 3.05) is 10.6 Å². The summed E-state index contributed by atoms with van der Waals surface area (Å²) in [6, 6.07) is 8.04. The fraction of sp³-hybridized carbons (Fsp3) is 0.250. The van der Waals surface area contributed by atoms with Crippen LogP contribution in [-0.4, -0.2) is 22.5 Å². The van der Waals surface area contributed by atoms with Crippen LogP contribution in [0.2, 0.25) is 10.2 Å². The summed E-state index contributed by atoms with van der Waals surface area (Å²) in [6.07, 6.45) is 0. The maximum Gasteiger partial charge on any atom is 0.319 e. The SMILES string of the molecule is CC(C)NC(=O)Nc1ccccc1NC(=O)c1cc(Cl)c(Cl)n1C. The average Bonchev–Trinajstić information content (AvgIpc) is 2.76. The summed E-state index contributed by atoms with van der Waals surface area (Å²) in [6.45, 7) is 3.71. The molecule has 24 heavy (non-hydrogen) atoms. The number of rotatable bonds is 4. The average molecular weight is 369 g/mol. The van der Waals surface area contributed by atoms with Crippen LogP contribution in [0.3, 0.4) is 0 Å². The number of hydrogen-bond donors (Lipinski definition) is 3. The molecule has 0 bridgehead atoms. The predicted molar refractivity (Wildman–Crippen MR) is 97.1 cm³/mol. The third-order valence-corrected chi connectivity index (χ3v) is 4.03. The number of nitrogens with zero attached hydrogens (tertiary/aromatic N) is 1. The molecule has 0 saturated heterocycles. The Balaban J connectivity index is 2.19. The quantitative estimate of drug-likeness (QED) is 0.759. The highest BCUT2D eigenvalue weighted by Gasteiger charge is 2.17. The number of halogens is 2. The molecule has 0 saturated carbocycles. The zero-order valence-corrected chi connectivity index (χ0v) is 15.0. The number of para-hydroxylation sites is 2. The molecular formula is C16H18Cl2N4O2. The lowest BCUT2D eigenvalue weighted by atomic mass is 10.2. The second kappa shape index (κ2) is 7.59. The van der Waals surface area contributed by atoms with Gasteiger partial charge in [-0.25, -0.2) is 4.79 Å². The fourth-order valence-corrected chi connectivity index (χ4v) is 2.44. The number of amides is 3. The van der Waals surface area contributed by atoms with Crippen LogP contribution in [0.5, 0.6) is 0 Å². The minimum absolute atomic E-state index is 0.000550. The largest absolute Gasteiger partial charge is 0.336 e. The predicted octanol–water partition coefficient (Wildman–Crippen LogP) is 4.11. The van der Waals surface area contributed by atoms with Crippen molar-refractivity contribution in [1.82, 2.24) is 9.88 Å². The Morgan fingerprint density at radius 1 is 1.08 bits per heavy atom. The summed E-state index contributed by atoms with van der Waals surface area (Å²) in [5.41, 5.74) is 1.26. The maximum absolute atomic E-state index is 12.4. The molecule has 2 rings (SSSR count). The van der Waals surface area contributed by atoms with Crippen LogP contribution in [0.4, 0.5) is 16.2 Å². The molecule has 0 unspecified atom stereocenters. The Bertz CT molecular complexity index is 771. The van der Waals surface area contributed by atoms with Crippen LogP contribution in [0, 0.1) is 0 Å². The monoisotopic (exact) mass is 368 g/mol. The summed E-state index contributed by atoms with van der Waals surface area (Å²) < 4.78 is 1.49. The lowest BCUT2D eigenvalue weighted by Gasteiger charge is -2.14. The second-order valence-electron chi connectivity index (χ2n) is 5.48. The van der Waals surface area contributed by atoms with E-state index in [1.54, 1.807) is 31.3 Å². The van der Waals surface area contributed by atoms with Gasteiger partial charge in [0.15, 0.2) is 0 Å². The third kappa shape index (κ3) is 4.21. The van der Waals surface area contributed by atoms with Crippen LogP contribution in [0.25, 0.3) is 0 Å². The van der Waals surface area contributed by atoms with Gasteiger partial charge in [0, 0.05) is 13.1 Å². The van der Waals surface area contributed by atoms with Gasteiger partial charge in [-0.2, -0.15) is 0 Å². The molecule has 128 valence electrons. The third-order valence-electron chi connectivity index (χ3n) is 3.19. The van der Waals surface area contributed by atoms with Gasteiger partial charge in [0.05, 0.1) is 16.4 Å². The molecule has 8 heteroatoms. The van der Waals surface area contributed by atoms with Crippen LogP contribution in [0.15, 0.2) is 30.3 Å². The van der Waals surface area contributed by atoms with Crippen molar-refractivity contribution in [3.8, 4) is 0 Å². The van der Waals surface area contributed by atoms with E-state index < -0.39 is 0 Å². The molecule has 0 spiro atoms. The second-order valence-corrected chi connectivity index (χ2v) is 6.25. The van der Waals surface area contributed by atoms with Crippen molar-refractivity contribution in [1.29, 1.82) is 0 Å². The van der Waals surface area contributed by atoms with E-state index in [-0.39, 0.29) is 23.1 Å². The maximum atomic E-state index is 12.4. The van der Waals surface area contributed by atoms with E-state index in [0.717, 1.165) is 0 Å². The van der Waals surface area contributed by atoms with Gasteiger partial charge in [-0.05, 0) is 32.0 Å². The minimum Gasteiger partial charge on any atom is -0.336 e. The van der Waals surface area contributed by atoms with E-state index in [4.69, 9.17) is 23.2 Å². The standard InChI is InChI=1S/C16H18Cl2N4O2/c1-9(2)19-16(24)21-12-7-5-4-6-11(12)20-15(23)13-8-10(17)14(18)22(13)3/h4-9H,1-3H3,(H,20,23)(H2,19,21,24). The van der Waals surface area contributed by atoms with Gasteiger partial charge in [-0.15, -0.1) is 0 Å². The van der Waals surface area contributed by atoms with Gasteiger partial charge in [0.1, 0.15) is 10.8 Å². The number of aromatic nitrogens is 1. The van der Waals surface area contributed by atoms with Crippen LogP contribution in [0.1, 0.15) is 24.3 Å². The minimum atomic E-state index is -0.384. The summed E-state index contributed by atoms with van der Waals surface area (Å²) >= 11 is 11.9. The topological polar surface area (TPSA) is 75.2 Å². The Morgan fingerprint density at radius 2 is 1.67 bits per heavy atom. The molecule has 1 aromatic heterocycles. The molecule has 2 aromatic rings. The van der Waals surface area contributed by atoms with Crippen LogP contribution < -0.4 is 16.0 Å². The van der Waals surface area contributed by atoms with Gasteiger partial charge in [0.25, 0.3) is 5.91 Å². The van der Waals surface area contributed by atoms with E-state index in [1.807, 2.05) is 13.8 Å².